The van der Waals surface area contributed by atoms with Gasteiger partial charge in [-0.1, -0.05) is 15.9 Å². The summed E-state index contributed by atoms with van der Waals surface area (Å²) in [5.41, 5.74) is 0. The topological polar surface area (TPSA) is 37.0 Å². The Morgan fingerprint density at radius 2 is 2.17 bits per heavy atom. The first-order chi connectivity index (χ1) is 2.77. The minimum atomic E-state index is -1.01. The number of rotatable bonds is 2. The number of halogens is 1. The fraction of sp³-hybridized carbons (Fsp3) is 0.667. The fourth-order valence-corrected chi connectivity index (χ4v) is 0.401. The number of hydrogen-bond acceptors (Lipinski definition) is 1. The molecule has 0 atom stereocenters. The molecule has 0 aliphatic carbocycles. The van der Waals surface area contributed by atoms with Crippen LogP contribution >= 0.6 is 15.9 Å². The van der Waals surface area contributed by atoms with Crippen LogP contribution in [0.25, 0.3) is 0 Å². The molecule has 1 radical (unpaired) electrons. The molecule has 0 saturated carbocycles. The van der Waals surface area contributed by atoms with Crippen molar-refractivity contribution < 1.29 is 9.90 Å². The van der Waals surface area contributed by atoms with Gasteiger partial charge in [0, 0.05) is 5.33 Å². The van der Waals surface area contributed by atoms with Crippen LogP contribution < -0.4 is 0 Å². The molecule has 0 aromatic rings. The number of carbonyl (C=O) groups excluding carboxylic acids is 1. The SMILES string of the molecule is [O]C(=O)CCBr. The van der Waals surface area contributed by atoms with E-state index in [2.05, 4.69) is 15.9 Å². The molecule has 2 nitrogen and oxygen atoms in total. The van der Waals surface area contributed by atoms with Crippen LogP contribution in [0.4, 0.5) is 0 Å². The van der Waals surface area contributed by atoms with Crippen molar-refractivity contribution in [2.75, 3.05) is 5.33 Å². The lowest BCUT2D eigenvalue weighted by molar-refractivity contribution is -0.142. The number of hydrogen-bond donors (Lipinski definition) is 0. The Hall–Kier alpha value is -0.0500. The van der Waals surface area contributed by atoms with Gasteiger partial charge in [-0.2, -0.15) is 0 Å². The van der Waals surface area contributed by atoms with E-state index in [9.17, 15) is 9.90 Å². The second-order valence-electron chi connectivity index (χ2n) is 0.811. The molecular weight excluding hydrogens is 148 g/mol. The quantitative estimate of drug-likeness (QED) is 0.537. The summed E-state index contributed by atoms with van der Waals surface area (Å²) >= 11 is 2.93. The third-order valence-corrected chi connectivity index (χ3v) is 0.695. The number of alkyl halides is 1. The van der Waals surface area contributed by atoms with Crippen molar-refractivity contribution in [3.8, 4) is 0 Å². The molecule has 0 aromatic carbocycles. The fourth-order valence-electron chi connectivity index (χ4n) is 0.0772. The maximum atomic E-state index is 9.46. The second kappa shape index (κ2) is 3.15. The van der Waals surface area contributed by atoms with Crippen molar-refractivity contribution in [2.45, 2.75) is 6.42 Å². The zero-order valence-corrected chi connectivity index (χ0v) is 4.69. The van der Waals surface area contributed by atoms with E-state index in [1.165, 1.54) is 0 Å². The Morgan fingerprint density at radius 1 is 1.67 bits per heavy atom. The van der Waals surface area contributed by atoms with Gasteiger partial charge in [-0.15, -0.1) is 0 Å². The van der Waals surface area contributed by atoms with Gasteiger partial charge in [-0.3, -0.25) is 0 Å². The molecule has 0 unspecified atom stereocenters. The average molecular weight is 152 g/mol. The molecule has 0 spiro atoms. The molecule has 0 amide bonds. The lowest BCUT2D eigenvalue weighted by atomic mass is 10.5. The number of carbonyl (C=O) groups is 1. The molecule has 0 heterocycles. The highest BCUT2D eigenvalue weighted by Crippen LogP contribution is 1.84. The van der Waals surface area contributed by atoms with Gasteiger partial charge in [0.05, 0.1) is 6.42 Å². The summed E-state index contributed by atoms with van der Waals surface area (Å²) in [7, 11) is 0. The summed E-state index contributed by atoms with van der Waals surface area (Å²) in [6.07, 6.45) is 0.0972. The Bertz CT molecular complexity index is 52.8. The van der Waals surface area contributed by atoms with Gasteiger partial charge in [0.1, 0.15) is 0 Å². The van der Waals surface area contributed by atoms with Crippen LogP contribution in [0.5, 0.6) is 0 Å². The monoisotopic (exact) mass is 151 g/mol. The Morgan fingerprint density at radius 3 is 2.17 bits per heavy atom. The molecule has 0 rings (SSSR count). The van der Waals surface area contributed by atoms with Crippen molar-refractivity contribution in [3.63, 3.8) is 0 Å². The van der Waals surface area contributed by atoms with Crippen LogP contribution in [0, 0.1) is 0 Å². The van der Waals surface area contributed by atoms with Crippen molar-refractivity contribution in [3.05, 3.63) is 0 Å². The predicted octanol–water partition coefficient (Wildman–Crippen LogP) is 0.728. The summed E-state index contributed by atoms with van der Waals surface area (Å²) in [6.45, 7) is 0. The van der Waals surface area contributed by atoms with Gasteiger partial charge in [-0.25, -0.2) is 9.90 Å². The van der Waals surface area contributed by atoms with E-state index in [-0.39, 0.29) is 6.42 Å². The summed E-state index contributed by atoms with van der Waals surface area (Å²) in [5, 5.41) is 9.94. The average Bonchev–Trinajstić information content (AvgIpc) is 1.35. The predicted molar refractivity (Wildman–Crippen MR) is 24.1 cm³/mol. The van der Waals surface area contributed by atoms with Crippen LogP contribution in [0.2, 0.25) is 0 Å². The van der Waals surface area contributed by atoms with Gasteiger partial charge in [0.25, 0.3) is 0 Å². The van der Waals surface area contributed by atoms with E-state index in [0.717, 1.165) is 0 Å². The van der Waals surface area contributed by atoms with Crippen molar-refractivity contribution in [1.82, 2.24) is 0 Å². The molecule has 0 fully saturated rings. The molecule has 0 bridgehead atoms. The minimum absolute atomic E-state index is 0.0972. The molecule has 0 aromatic heterocycles. The molecular formula is C3H4BrO2. The van der Waals surface area contributed by atoms with E-state index in [1.807, 2.05) is 0 Å². The first kappa shape index (κ1) is 5.95. The Labute approximate surface area is 44.3 Å². The highest BCUT2D eigenvalue weighted by atomic mass is 79.9. The van der Waals surface area contributed by atoms with Crippen LogP contribution in [0.1, 0.15) is 6.42 Å². The smallest absolute Gasteiger partial charge is 0.247 e. The standard InChI is InChI=1S/C3H4BrO2/c4-2-1-3(5)6/h1-2H2. The molecule has 6 heavy (non-hydrogen) atoms. The van der Waals surface area contributed by atoms with Gasteiger partial charge in [0.15, 0.2) is 0 Å². The third-order valence-electron chi connectivity index (χ3n) is 0.299. The summed E-state index contributed by atoms with van der Waals surface area (Å²) in [5.74, 6) is -1.01. The normalized spacial score (nSPS) is 8.17. The van der Waals surface area contributed by atoms with Gasteiger partial charge in [0.2, 0.25) is 0 Å². The van der Waals surface area contributed by atoms with Crippen LogP contribution in [0.3, 0.4) is 0 Å². The van der Waals surface area contributed by atoms with Crippen molar-refractivity contribution >= 4 is 21.9 Å². The maximum Gasteiger partial charge on any atom is 0.356 e. The highest BCUT2D eigenvalue weighted by molar-refractivity contribution is 9.09. The van der Waals surface area contributed by atoms with Gasteiger partial charge >= 0.3 is 5.97 Å². The van der Waals surface area contributed by atoms with Crippen LogP contribution in [-0.4, -0.2) is 11.3 Å². The zero-order chi connectivity index (χ0) is 4.99. The van der Waals surface area contributed by atoms with Crippen LogP contribution in [0.15, 0.2) is 0 Å². The first-order valence-corrected chi connectivity index (χ1v) is 2.65. The molecule has 0 aliphatic heterocycles. The van der Waals surface area contributed by atoms with Gasteiger partial charge in [-0.05, 0) is 0 Å². The van der Waals surface area contributed by atoms with Crippen LogP contribution in [-0.2, 0) is 9.90 Å². The Balaban J connectivity index is 2.83. The second-order valence-corrected chi connectivity index (χ2v) is 1.60. The van der Waals surface area contributed by atoms with E-state index in [1.54, 1.807) is 0 Å². The lowest BCUT2D eigenvalue weighted by Crippen LogP contribution is -1.90. The summed E-state index contributed by atoms with van der Waals surface area (Å²) < 4.78 is 0. The van der Waals surface area contributed by atoms with E-state index in [0.29, 0.717) is 5.33 Å². The van der Waals surface area contributed by atoms with Crippen molar-refractivity contribution in [2.24, 2.45) is 0 Å². The molecule has 3 heteroatoms. The van der Waals surface area contributed by atoms with Crippen molar-refractivity contribution in [1.29, 1.82) is 0 Å². The minimum Gasteiger partial charge on any atom is -0.247 e. The zero-order valence-electron chi connectivity index (χ0n) is 3.11. The largest absolute Gasteiger partial charge is 0.356 e. The Kier molecular flexibility index (Phi) is 3.13. The third kappa shape index (κ3) is 3.95. The summed E-state index contributed by atoms with van der Waals surface area (Å²) in [4.78, 5) is 9.46. The maximum absolute atomic E-state index is 9.46. The molecule has 0 aliphatic rings. The highest BCUT2D eigenvalue weighted by Gasteiger charge is 1.92. The molecule has 35 valence electrons. The van der Waals surface area contributed by atoms with E-state index < -0.39 is 5.97 Å². The van der Waals surface area contributed by atoms with E-state index in [4.69, 9.17) is 0 Å². The summed E-state index contributed by atoms with van der Waals surface area (Å²) in [6, 6.07) is 0. The van der Waals surface area contributed by atoms with Gasteiger partial charge < -0.3 is 0 Å². The van der Waals surface area contributed by atoms with E-state index >= 15 is 0 Å². The lowest BCUT2D eigenvalue weighted by Gasteiger charge is -1.74. The molecule has 0 N–H and O–H groups in total. The molecule has 0 saturated heterocycles. The first-order valence-electron chi connectivity index (χ1n) is 1.53.